The van der Waals surface area contributed by atoms with Crippen molar-refractivity contribution in [1.82, 2.24) is 24.6 Å². The van der Waals surface area contributed by atoms with E-state index in [1.54, 1.807) is 58.2 Å². The molecule has 1 amide bonds. The Morgan fingerprint density at radius 3 is 2.78 bits per heavy atom. The monoisotopic (exact) mass is 539 g/mol. The molecule has 1 aliphatic rings. The van der Waals surface area contributed by atoms with Crippen LogP contribution in [0.4, 0.5) is 15.9 Å². The molecule has 2 aromatic carbocycles. The van der Waals surface area contributed by atoms with Crippen LogP contribution in [0.3, 0.4) is 0 Å². The first kappa shape index (κ1) is 24.8. The van der Waals surface area contributed by atoms with E-state index in [9.17, 15) is 9.18 Å². The van der Waals surface area contributed by atoms with Crippen molar-refractivity contribution in [2.24, 2.45) is 0 Å². The van der Waals surface area contributed by atoms with Gasteiger partial charge in [0.15, 0.2) is 29.6 Å². The maximum Gasteiger partial charge on any atom is 0.255 e. The number of nitriles is 1. The van der Waals surface area contributed by atoms with Crippen molar-refractivity contribution >= 4 is 46.3 Å². The van der Waals surface area contributed by atoms with Gasteiger partial charge in [0, 0.05) is 49.8 Å². The van der Waals surface area contributed by atoms with E-state index in [1.807, 2.05) is 0 Å². The number of imidazole rings is 1. The summed E-state index contributed by atoms with van der Waals surface area (Å²) < 4.78 is 21.5. The molecule has 1 fully saturated rings. The Kier molecular flexibility index (Phi) is 7.10. The summed E-state index contributed by atoms with van der Waals surface area (Å²) in [5, 5.41) is 15.2. The maximum absolute atomic E-state index is 14.7. The lowest BCUT2D eigenvalue weighted by atomic mass is 10.1. The van der Waals surface area contributed by atoms with Crippen LogP contribution in [0.5, 0.6) is 5.75 Å². The highest BCUT2D eigenvalue weighted by Gasteiger charge is 2.21. The molecule has 2 N–H and O–H groups in total. The molecule has 0 atom stereocenters. The Balaban J connectivity index is 1.42. The van der Waals surface area contributed by atoms with E-state index in [2.05, 4.69) is 20.6 Å². The number of fused-ring (bicyclic) bond motifs is 1. The van der Waals surface area contributed by atoms with Gasteiger partial charge in [-0.25, -0.2) is 14.4 Å². The van der Waals surface area contributed by atoms with E-state index in [4.69, 9.17) is 33.2 Å². The van der Waals surface area contributed by atoms with Gasteiger partial charge in [-0.05, 0) is 30.3 Å². The van der Waals surface area contributed by atoms with E-state index < -0.39 is 5.82 Å². The van der Waals surface area contributed by atoms with Crippen LogP contribution in [-0.2, 0) is 0 Å². The topological polar surface area (TPSA) is 108 Å². The summed E-state index contributed by atoms with van der Waals surface area (Å²) in [5.41, 5.74) is 2.45. The second kappa shape index (κ2) is 10.6. The average Bonchev–Trinajstić information content (AvgIpc) is 3.35. The van der Waals surface area contributed by atoms with E-state index in [0.29, 0.717) is 52.1 Å². The second-order valence-corrected chi connectivity index (χ2v) is 8.95. The normalized spacial score (nSPS) is 13.4. The Morgan fingerprint density at radius 2 is 2.03 bits per heavy atom. The SMILES string of the molecule is N#CCOc1ccc(-c2cnc3c(Nc4ccc(C(=O)N5CCNCC5)c(Cl)c4)nccn23)c(Cl)c1F. The molecule has 2 aromatic heterocycles. The molecular weight excluding hydrogens is 520 g/mol. The van der Waals surface area contributed by atoms with Crippen molar-refractivity contribution in [3.63, 3.8) is 0 Å². The predicted octanol–water partition coefficient (Wildman–Crippen LogP) is 4.53. The van der Waals surface area contributed by atoms with Gasteiger partial charge in [0.1, 0.15) is 6.07 Å². The van der Waals surface area contributed by atoms with Gasteiger partial charge in [0.05, 0.1) is 27.5 Å². The zero-order valence-electron chi connectivity index (χ0n) is 19.3. The molecule has 0 aliphatic carbocycles. The van der Waals surface area contributed by atoms with Gasteiger partial charge in [0.2, 0.25) is 0 Å². The number of nitrogens with one attached hydrogen (secondary N) is 2. The van der Waals surface area contributed by atoms with Gasteiger partial charge in [-0.15, -0.1) is 0 Å². The molecule has 5 rings (SSSR count). The standard InChI is InChI=1S/C25H20Cl2FN7O2/c26-18-13-15(1-2-16(18)25(36)34-9-6-30-7-10-34)33-23-24-32-14-19(35(24)11-8-31-23)17-3-4-20(37-12-5-29)22(28)21(17)27/h1-4,8,11,13-14,30H,6-7,9-10,12H2,(H,31,33). The summed E-state index contributed by atoms with van der Waals surface area (Å²) in [4.78, 5) is 23.4. The quantitative estimate of drug-likeness (QED) is 0.370. The highest BCUT2D eigenvalue weighted by molar-refractivity contribution is 6.34. The Hall–Kier alpha value is -3.91. The van der Waals surface area contributed by atoms with Crippen molar-refractivity contribution in [1.29, 1.82) is 5.26 Å². The number of carbonyl (C=O) groups excluding carboxylic acids is 1. The van der Waals surface area contributed by atoms with Crippen molar-refractivity contribution < 1.29 is 13.9 Å². The lowest BCUT2D eigenvalue weighted by Gasteiger charge is -2.27. The number of hydrogen-bond acceptors (Lipinski definition) is 7. The molecule has 0 bridgehead atoms. The minimum atomic E-state index is -0.762. The molecule has 4 aromatic rings. The van der Waals surface area contributed by atoms with Gasteiger partial charge in [-0.2, -0.15) is 5.26 Å². The molecule has 0 radical (unpaired) electrons. The van der Waals surface area contributed by atoms with E-state index in [0.717, 1.165) is 13.1 Å². The zero-order chi connectivity index (χ0) is 25.9. The number of amides is 1. The van der Waals surface area contributed by atoms with Crippen molar-refractivity contribution in [2.45, 2.75) is 0 Å². The largest absolute Gasteiger partial charge is 0.476 e. The number of hydrogen-bond donors (Lipinski definition) is 2. The third-order valence-electron chi connectivity index (χ3n) is 5.91. The van der Waals surface area contributed by atoms with Crippen molar-refractivity contribution in [3.8, 4) is 23.1 Å². The van der Waals surface area contributed by atoms with Crippen LogP contribution in [0.1, 0.15) is 10.4 Å². The highest BCUT2D eigenvalue weighted by Crippen LogP contribution is 2.36. The number of ether oxygens (including phenoxy) is 1. The molecule has 9 nitrogen and oxygen atoms in total. The van der Waals surface area contributed by atoms with Crippen LogP contribution in [0.2, 0.25) is 10.0 Å². The predicted molar refractivity (Wildman–Crippen MR) is 138 cm³/mol. The minimum absolute atomic E-state index is 0.107. The molecule has 37 heavy (non-hydrogen) atoms. The summed E-state index contributed by atoms with van der Waals surface area (Å²) in [6, 6.07) is 9.91. The number of nitrogens with zero attached hydrogens (tertiary/aromatic N) is 5. The summed E-state index contributed by atoms with van der Waals surface area (Å²) in [6.07, 6.45) is 4.80. The molecule has 188 valence electrons. The van der Waals surface area contributed by atoms with E-state index in [1.165, 1.54) is 6.07 Å². The molecule has 0 spiro atoms. The highest BCUT2D eigenvalue weighted by atomic mass is 35.5. The summed E-state index contributed by atoms with van der Waals surface area (Å²) in [7, 11) is 0. The Morgan fingerprint density at radius 1 is 1.22 bits per heavy atom. The van der Waals surface area contributed by atoms with Crippen molar-refractivity contribution in [3.05, 3.63) is 70.3 Å². The Labute approximate surface area is 221 Å². The molecule has 1 saturated heterocycles. The number of piperazine rings is 1. The number of rotatable bonds is 6. The fourth-order valence-corrected chi connectivity index (χ4v) is 4.61. The van der Waals surface area contributed by atoms with Crippen LogP contribution < -0.4 is 15.4 Å². The van der Waals surface area contributed by atoms with Crippen LogP contribution in [0.25, 0.3) is 16.9 Å². The second-order valence-electron chi connectivity index (χ2n) is 8.16. The van der Waals surface area contributed by atoms with Gasteiger partial charge in [0.25, 0.3) is 5.91 Å². The lowest BCUT2D eigenvalue weighted by Crippen LogP contribution is -2.46. The van der Waals surface area contributed by atoms with E-state index >= 15 is 0 Å². The average molecular weight is 540 g/mol. The third-order valence-corrected chi connectivity index (χ3v) is 6.59. The molecular formula is C25H20Cl2FN7O2. The minimum Gasteiger partial charge on any atom is -0.476 e. The first-order valence-electron chi connectivity index (χ1n) is 11.3. The fourth-order valence-electron chi connectivity index (χ4n) is 4.10. The summed E-state index contributed by atoms with van der Waals surface area (Å²) >= 11 is 12.8. The first-order chi connectivity index (χ1) is 18.0. The van der Waals surface area contributed by atoms with Gasteiger partial charge < -0.3 is 20.3 Å². The molecule has 12 heteroatoms. The van der Waals surface area contributed by atoms with Crippen molar-refractivity contribution in [2.75, 3.05) is 38.1 Å². The zero-order valence-corrected chi connectivity index (χ0v) is 20.9. The molecule has 3 heterocycles. The number of anilines is 2. The molecule has 0 saturated carbocycles. The van der Waals surface area contributed by atoms with Gasteiger partial charge >= 0.3 is 0 Å². The van der Waals surface area contributed by atoms with Crippen LogP contribution in [0, 0.1) is 17.1 Å². The molecule has 1 aliphatic heterocycles. The third kappa shape index (κ3) is 4.89. The lowest BCUT2D eigenvalue weighted by molar-refractivity contribution is 0.0736. The first-order valence-corrected chi connectivity index (χ1v) is 12.1. The van der Waals surface area contributed by atoms with Gasteiger partial charge in [-0.3, -0.25) is 9.20 Å². The van der Waals surface area contributed by atoms with Crippen LogP contribution in [-0.4, -0.2) is 58.0 Å². The maximum atomic E-state index is 14.7. The number of benzene rings is 2. The summed E-state index contributed by atoms with van der Waals surface area (Å²) in [5.74, 6) is -0.549. The number of aromatic nitrogens is 3. The van der Waals surface area contributed by atoms with E-state index in [-0.39, 0.29) is 23.3 Å². The van der Waals surface area contributed by atoms with Crippen LogP contribution >= 0.6 is 23.2 Å². The fraction of sp³-hybridized carbons (Fsp3) is 0.200. The summed E-state index contributed by atoms with van der Waals surface area (Å²) in [6.45, 7) is 2.47. The Bertz CT molecular complexity index is 1530. The number of halogens is 3. The van der Waals surface area contributed by atoms with Crippen LogP contribution in [0.15, 0.2) is 48.9 Å². The van der Waals surface area contributed by atoms with Gasteiger partial charge in [-0.1, -0.05) is 23.2 Å². The smallest absolute Gasteiger partial charge is 0.255 e. The number of carbonyl (C=O) groups is 1. The molecule has 0 unspecified atom stereocenters.